The van der Waals surface area contributed by atoms with E-state index in [2.05, 4.69) is 111 Å². The fourth-order valence-electron chi connectivity index (χ4n) is 10.2. The van der Waals surface area contributed by atoms with E-state index >= 15 is 0 Å². The molecule has 26 heteroatoms. The van der Waals surface area contributed by atoms with E-state index in [1.807, 2.05) is 92.0 Å². The van der Waals surface area contributed by atoms with E-state index in [9.17, 15) is 28.4 Å². The maximum Gasteiger partial charge on any atom is 0.286 e. The molecule has 0 aromatic carbocycles. The number of nitrogens with zero attached hydrogens (tertiary/aromatic N) is 15. The van der Waals surface area contributed by atoms with Gasteiger partial charge in [-0.1, -0.05) is 84.9 Å². The second-order valence-corrected chi connectivity index (χ2v) is 25.2. The van der Waals surface area contributed by atoms with Gasteiger partial charge in [0.2, 0.25) is 0 Å². The van der Waals surface area contributed by atoms with Crippen molar-refractivity contribution >= 4 is 29.1 Å². The summed E-state index contributed by atoms with van der Waals surface area (Å²) in [5, 5.41) is 16.6. The van der Waals surface area contributed by atoms with Crippen LogP contribution in [0.15, 0.2) is 153 Å². The number of aryl methyl sites for hydroxylation is 8. The van der Waals surface area contributed by atoms with Crippen molar-refractivity contribution in [1.29, 1.82) is 0 Å². The highest BCUT2D eigenvalue weighted by atomic mass is 19.1. The van der Waals surface area contributed by atoms with Crippen LogP contribution < -0.4 is 54.4 Å². The van der Waals surface area contributed by atoms with E-state index in [0.717, 1.165) is 194 Å². The minimum absolute atomic E-state index is 0.00455. The first-order valence-electron chi connectivity index (χ1n) is 36.0. The van der Waals surface area contributed by atoms with Crippen molar-refractivity contribution in [2.24, 2.45) is 0 Å². The highest BCUT2D eigenvalue weighted by Gasteiger charge is 2.14. The number of anilines is 5. The molecular weight excluding hydrogens is 1320 g/mol. The van der Waals surface area contributed by atoms with Crippen LogP contribution in [0.25, 0.3) is 0 Å². The van der Waals surface area contributed by atoms with Gasteiger partial charge in [0.1, 0.15) is 58.2 Å². The van der Waals surface area contributed by atoms with Crippen LogP contribution in [0.3, 0.4) is 0 Å². The fraction of sp³-hybridized carbons (Fsp3) is 0.423. The zero-order valence-electron chi connectivity index (χ0n) is 62.9. The van der Waals surface area contributed by atoms with Crippen LogP contribution in [0.1, 0.15) is 173 Å². The zero-order valence-corrected chi connectivity index (χ0v) is 62.9. The molecule has 0 spiro atoms. The van der Waals surface area contributed by atoms with Crippen molar-refractivity contribution < 1.29 is 4.39 Å². The van der Waals surface area contributed by atoms with Gasteiger partial charge in [-0.2, -0.15) is 0 Å². The van der Waals surface area contributed by atoms with Crippen molar-refractivity contribution in [3.63, 3.8) is 0 Å². The Kier molecular flexibility index (Phi) is 34.5. The van der Waals surface area contributed by atoms with Crippen molar-refractivity contribution in [3.05, 3.63) is 260 Å². The van der Waals surface area contributed by atoms with Crippen LogP contribution >= 0.6 is 0 Å². The summed E-state index contributed by atoms with van der Waals surface area (Å²) in [4.78, 5) is 103. The highest BCUT2D eigenvalue weighted by Crippen LogP contribution is 2.19. The first-order chi connectivity index (χ1) is 50.1. The third-order valence-corrected chi connectivity index (χ3v) is 16.2. The second kappa shape index (κ2) is 43.8. The predicted octanol–water partition coefficient (Wildman–Crippen LogP) is 12.1. The summed E-state index contributed by atoms with van der Waals surface area (Å²) >= 11 is 0. The number of hydrogen-bond acceptors (Lipinski definition) is 20. The van der Waals surface area contributed by atoms with Gasteiger partial charge in [0.05, 0.1) is 32.7 Å². The lowest BCUT2D eigenvalue weighted by molar-refractivity contribution is 0.580. The summed E-state index contributed by atoms with van der Waals surface area (Å²) < 4.78 is 21.4. The van der Waals surface area contributed by atoms with Gasteiger partial charge in [-0.15, -0.1) is 0 Å². The van der Waals surface area contributed by atoms with Crippen LogP contribution in [-0.2, 0) is 32.7 Å². The number of rotatable bonds is 30. The third-order valence-electron chi connectivity index (χ3n) is 16.2. The first kappa shape index (κ1) is 82.0. The molecule has 104 heavy (non-hydrogen) atoms. The molecule has 10 aromatic rings. The van der Waals surface area contributed by atoms with E-state index in [-0.39, 0.29) is 28.8 Å². The SMILES string of the molecule is CCCCNc1nc(C)ncc1Cn1c(C)cccc1=O.CCCCNc1nc(C)ncc1Cn1cc(C)ccc1=O.CCCCNc1nc(C)ncc1Cn1ccc(C)cc1=O.CCCCNc1nc(C)ncc1Cn1cccc(F)c1=O.CCCCNc1nc(C)ncc1Cn1ccccc1=O. The summed E-state index contributed by atoms with van der Waals surface area (Å²) in [6, 6.07) is 20.1. The Balaban J connectivity index is 0.000000204. The van der Waals surface area contributed by atoms with Crippen molar-refractivity contribution in [1.82, 2.24) is 72.7 Å². The molecular formula is C78H105FN20O5. The van der Waals surface area contributed by atoms with Gasteiger partial charge in [-0.25, -0.2) is 54.2 Å². The zero-order chi connectivity index (χ0) is 75.3. The molecule has 0 amide bonds. The number of nitrogens with one attached hydrogen (secondary N) is 5. The molecule has 0 unspecified atom stereocenters. The van der Waals surface area contributed by atoms with E-state index < -0.39 is 11.4 Å². The molecule has 0 aliphatic carbocycles. The summed E-state index contributed by atoms with van der Waals surface area (Å²) in [5.41, 5.74) is 6.78. The Bertz CT molecular complexity index is 4570. The molecule has 10 heterocycles. The van der Waals surface area contributed by atoms with Crippen LogP contribution in [0.4, 0.5) is 33.5 Å². The average Bonchev–Trinajstić information content (AvgIpc) is 0.853. The first-order valence-corrected chi connectivity index (χ1v) is 36.0. The topological polar surface area (TPSA) is 299 Å². The van der Waals surface area contributed by atoms with Gasteiger partial charge < -0.3 is 49.4 Å². The predicted molar refractivity (Wildman–Crippen MR) is 414 cm³/mol. The summed E-state index contributed by atoms with van der Waals surface area (Å²) in [6.07, 6.45) is 26.8. The number of hydrogen-bond donors (Lipinski definition) is 5. The van der Waals surface area contributed by atoms with Gasteiger partial charge >= 0.3 is 0 Å². The van der Waals surface area contributed by atoms with Crippen LogP contribution in [0.5, 0.6) is 0 Å². The molecule has 554 valence electrons. The Hall–Kier alpha value is -10.9. The molecule has 10 aromatic heterocycles. The monoisotopic (exact) mass is 1420 g/mol. The molecule has 0 saturated carbocycles. The second-order valence-electron chi connectivity index (χ2n) is 25.2. The van der Waals surface area contributed by atoms with Gasteiger partial charge in [0, 0.05) is 146 Å². The Labute approximate surface area is 609 Å². The van der Waals surface area contributed by atoms with E-state index in [0.29, 0.717) is 37.8 Å². The van der Waals surface area contributed by atoms with Gasteiger partial charge in [-0.3, -0.25) is 24.0 Å². The maximum atomic E-state index is 13.3. The molecule has 0 atom stereocenters. The van der Waals surface area contributed by atoms with Crippen LogP contribution in [0.2, 0.25) is 0 Å². The van der Waals surface area contributed by atoms with Gasteiger partial charge in [-0.05, 0) is 129 Å². The molecule has 0 radical (unpaired) electrons. The van der Waals surface area contributed by atoms with Gasteiger partial charge in [0.15, 0.2) is 5.82 Å². The molecule has 0 aliphatic heterocycles. The smallest absolute Gasteiger partial charge is 0.286 e. The summed E-state index contributed by atoms with van der Waals surface area (Å²) in [7, 11) is 0. The number of aromatic nitrogens is 15. The quantitative estimate of drug-likeness (QED) is 0.0261. The lowest BCUT2D eigenvalue weighted by atomic mass is 10.2. The van der Waals surface area contributed by atoms with E-state index in [4.69, 9.17) is 0 Å². The largest absolute Gasteiger partial charge is 0.370 e. The third kappa shape index (κ3) is 27.5. The van der Waals surface area contributed by atoms with Gasteiger partial charge in [0.25, 0.3) is 27.8 Å². The molecule has 0 aliphatic rings. The minimum atomic E-state index is -0.758. The highest BCUT2D eigenvalue weighted by molar-refractivity contribution is 5.47. The van der Waals surface area contributed by atoms with Crippen molar-refractivity contribution in [2.45, 2.75) is 187 Å². The number of halogens is 1. The fourth-order valence-corrected chi connectivity index (χ4v) is 10.2. The average molecular weight is 1420 g/mol. The summed E-state index contributed by atoms with van der Waals surface area (Å²) in [6.45, 7) is 32.3. The standard InChI is InChI=1S/3C16H22N4O.C15H19FN4O.C15H20N4O/c1-4-5-9-17-16-14(10-18-13(3)19-16)11-20-12(2)7-6-8-15(20)21;1-4-5-8-17-16-14(9-18-13(3)19-16)11-20-10-12(2)6-7-15(20)21;1-4-5-7-17-16-14(10-18-13(3)19-16)11-20-8-6-12(2)9-15(20)21;1-3-4-7-17-14-12(9-18-11(2)19-14)10-20-8-5-6-13(16)15(20)21;1-3-4-8-16-15-13(10-17-12(2)18-15)11-19-9-6-5-7-14(19)20/h6-8,10H,4-5,9,11H2,1-3H3,(H,17,18,19);6-7,9-10H,4-5,8,11H2,1-3H3,(H,17,18,19);6,8-10H,4-5,7,11H2,1-3H3,(H,17,18,19);5-6,8-9H,3-4,7,10H2,1-2H3,(H,17,18,19);5-7,9-10H,3-4,8,11H2,1-2H3,(H,16,17,18). The molecule has 0 saturated heterocycles. The van der Waals surface area contributed by atoms with Crippen LogP contribution in [-0.4, -0.2) is 105 Å². The number of unbranched alkanes of at least 4 members (excludes halogenated alkanes) is 5. The van der Waals surface area contributed by atoms with E-state index in [1.54, 1.807) is 98.0 Å². The normalized spacial score (nSPS) is 10.6. The Morgan fingerprint density at radius 3 is 1.11 bits per heavy atom. The molecule has 10 rings (SSSR count). The number of pyridine rings is 5. The Morgan fingerprint density at radius 1 is 0.346 bits per heavy atom. The Morgan fingerprint density at radius 2 is 0.712 bits per heavy atom. The minimum Gasteiger partial charge on any atom is -0.370 e. The van der Waals surface area contributed by atoms with Crippen molar-refractivity contribution in [2.75, 3.05) is 59.3 Å². The van der Waals surface area contributed by atoms with Crippen molar-refractivity contribution in [3.8, 4) is 0 Å². The van der Waals surface area contributed by atoms with Crippen LogP contribution in [0, 0.1) is 61.2 Å². The maximum absolute atomic E-state index is 13.3. The summed E-state index contributed by atoms with van der Waals surface area (Å²) in [5.74, 6) is 6.81. The lowest BCUT2D eigenvalue weighted by Gasteiger charge is -2.14. The molecule has 5 N–H and O–H groups in total. The van der Waals surface area contributed by atoms with E-state index in [1.165, 1.54) is 10.6 Å². The molecule has 25 nitrogen and oxygen atoms in total. The molecule has 0 fully saturated rings. The molecule has 0 bridgehead atoms. The lowest BCUT2D eigenvalue weighted by Crippen LogP contribution is -2.23.